The summed E-state index contributed by atoms with van der Waals surface area (Å²) >= 11 is 0. The van der Waals surface area contributed by atoms with Crippen LogP contribution in [0.1, 0.15) is 5.56 Å². The summed E-state index contributed by atoms with van der Waals surface area (Å²) in [6, 6.07) is 12.0. The maximum absolute atomic E-state index is 12.8. The molecule has 2 aromatic carbocycles. The highest BCUT2D eigenvalue weighted by Crippen LogP contribution is 2.32. The molecule has 0 N–H and O–H groups in total. The quantitative estimate of drug-likeness (QED) is 0.727. The van der Waals surface area contributed by atoms with Crippen molar-refractivity contribution < 1.29 is 25.8 Å². The minimum absolute atomic E-state index is 0.0707. The molecule has 0 aliphatic carbocycles. The van der Waals surface area contributed by atoms with Crippen LogP contribution in [0.2, 0.25) is 0 Å². The van der Waals surface area contributed by atoms with Crippen molar-refractivity contribution in [1.82, 2.24) is 3.97 Å². The zero-order chi connectivity index (χ0) is 16.7. The first-order chi connectivity index (χ1) is 10.8. The summed E-state index contributed by atoms with van der Waals surface area (Å²) in [5.74, 6) is 0.0707. The van der Waals surface area contributed by atoms with Crippen molar-refractivity contribution in [3.63, 3.8) is 0 Å². The number of rotatable bonds is 3. The van der Waals surface area contributed by atoms with Crippen LogP contribution in [0.3, 0.4) is 0 Å². The van der Waals surface area contributed by atoms with E-state index in [0.29, 0.717) is 9.36 Å². The fraction of sp³-hybridized carbons (Fsp3) is 0.0667. The molecule has 4 nitrogen and oxygen atoms in total. The zero-order valence-corrected chi connectivity index (χ0v) is 12.3. The molecule has 0 spiro atoms. The minimum atomic E-state index is -4.56. The van der Waals surface area contributed by atoms with Crippen molar-refractivity contribution in [2.24, 2.45) is 0 Å². The van der Waals surface area contributed by atoms with Gasteiger partial charge in [-0.1, -0.05) is 24.3 Å². The van der Waals surface area contributed by atoms with Crippen LogP contribution in [0.5, 0.6) is 5.75 Å². The first kappa shape index (κ1) is 15.4. The van der Waals surface area contributed by atoms with Crippen LogP contribution < -0.4 is 4.18 Å². The molecule has 1 aromatic heterocycles. The Hall–Kier alpha value is -2.48. The number of hydrogen-bond acceptors (Lipinski definition) is 3. The van der Waals surface area contributed by atoms with E-state index in [1.807, 2.05) is 0 Å². The van der Waals surface area contributed by atoms with Gasteiger partial charge in [0.05, 0.1) is 11.1 Å². The Labute approximate surface area is 130 Å². The third-order valence-corrected chi connectivity index (χ3v) is 4.37. The molecule has 0 saturated carbocycles. The molecule has 0 atom stereocenters. The molecule has 0 fully saturated rings. The predicted molar refractivity (Wildman–Crippen MR) is 78.3 cm³/mol. The van der Waals surface area contributed by atoms with Gasteiger partial charge >= 0.3 is 16.5 Å². The molecule has 0 saturated heterocycles. The largest absolute Gasteiger partial charge is 0.416 e. The van der Waals surface area contributed by atoms with Crippen molar-refractivity contribution in [2.75, 3.05) is 0 Å². The standard InChI is InChI=1S/C15H10F3NO3S/c16-15(17,18)12-7-6-11-8-9-19(14(11)10-12)23(20,21)22-13-4-2-1-3-5-13/h1-10H. The average molecular weight is 341 g/mol. The van der Waals surface area contributed by atoms with Crippen LogP contribution in [0.15, 0.2) is 60.8 Å². The Morgan fingerprint density at radius 1 is 0.957 bits per heavy atom. The molecule has 3 aromatic rings. The SMILES string of the molecule is O=S(=O)(Oc1ccccc1)n1ccc2ccc(C(F)(F)F)cc21. The van der Waals surface area contributed by atoms with Gasteiger partial charge in [0.2, 0.25) is 0 Å². The number of aromatic nitrogens is 1. The number of alkyl halides is 3. The molecule has 0 aliphatic heterocycles. The molecule has 0 aliphatic rings. The number of para-hydroxylation sites is 1. The van der Waals surface area contributed by atoms with Gasteiger partial charge in [-0.3, -0.25) is 0 Å². The molecule has 8 heteroatoms. The molecule has 0 unspecified atom stereocenters. The van der Waals surface area contributed by atoms with Crippen LogP contribution in [-0.4, -0.2) is 12.4 Å². The second kappa shape index (κ2) is 5.31. The van der Waals surface area contributed by atoms with E-state index in [1.54, 1.807) is 18.2 Å². The van der Waals surface area contributed by atoms with E-state index in [-0.39, 0.29) is 11.3 Å². The lowest BCUT2D eigenvalue weighted by molar-refractivity contribution is -0.137. The van der Waals surface area contributed by atoms with Crippen LogP contribution >= 0.6 is 0 Å². The Morgan fingerprint density at radius 3 is 2.30 bits per heavy atom. The molecular formula is C15H10F3NO3S. The van der Waals surface area contributed by atoms with Crippen LogP contribution in [-0.2, 0) is 16.5 Å². The van der Waals surface area contributed by atoms with Gasteiger partial charge in [0.25, 0.3) is 0 Å². The van der Waals surface area contributed by atoms with Gasteiger partial charge in [-0.2, -0.15) is 21.6 Å². The van der Waals surface area contributed by atoms with Gasteiger partial charge in [-0.05, 0) is 30.3 Å². The summed E-state index contributed by atoms with van der Waals surface area (Å²) < 4.78 is 68.6. The van der Waals surface area contributed by atoms with E-state index >= 15 is 0 Å². The summed E-state index contributed by atoms with van der Waals surface area (Å²) in [5, 5.41) is 0.359. The molecule has 120 valence electrons. The minimum Gasteiger partial charge on any atom is -0.366 e. The highest BCUT2D eigenvalue weighted by Gasteiger charge is 2.31. The zero-order valence-electron chi connectivity index (χ0n) is 11.5. The smallest absolute Gasteiger partial charge is 0.366 e. The number of halogens is 3. The molecule has 0 radical (unpaired) electrons. The van der Waals surface area contributed by atoms with E-state index in [9.17, 15) is 21.6 Å². The lowest BCUT2D eigenvalue weighted by atomic mass is 10.1. The van der Waals surface area contributed by atoms with Crippen molar-refractivity contribution in [1.29, 1.82) is 0 Å². The van der Waals surface area contributed by atoms with Gasteiger partial charge in [0.15, 0.2) is 0 Å². The van der Waals surface area contributed by atoms with E-state index in [0.717, 1.165) is 18.3 Å². The Balaban J connectivity index is 2.08. The third-order valence-electron chi connectivity index (χ3n) is 3.17. The number of hydrogen-bond donors (Lipinski definition) is 0. The van der Waals surface area contributed by atoms with Crippen LogP contribution in [0.25, 0.3) is 10.9 Å². The average Bonchev–Trinajstić information content (AvgIpc) is 2.90. The Bertz CT molecular complexity index is 947. The maximum Gasteiger partial charge on any atom is 0.416 e. The maximum atomic E-state index is 12.8. The second-order valence-corrected chi connectivity index (χ2v) is 6.15. The highest BCUT2D eigenvalue weighted by atomic mass is 32.2. The van der Waals surface area contributed by atoms with Crippen LogP contribution in [0.4, 0.5) is 13.2 Å². The molecule has 3 rings (SSSR count). The van der Waals surface area contributed by atoms with Crippen LogP contribution in [0, 0.1) is 0 Å². The first-order valence-corrected chi connectivity index (χ1v) is 7.82. The van der Waals surface area contributed by atoms with Crippen molar-refractivity contribution in [3.05, 3.63) is 66.4 Å². The van der Waals surface area contributed by atoms with E-state index < -0.39 is 22.0 Å². The summed E-state index contributed by atoms with van der Waals surface area (Å²) in [7, 11) is -4.31. The number of nitrogens with zero attached hydrogens (tertiary/aromatic N) is 1. The normalized spacial score (nSPS) is 12.5. The second-order valence-electron chi connectivity index (χ2n) is 4.74. The third kappa shape index (κ3) is 3.02. The van der Waals surface area contributed by atoms with E-state index in [4.69, 9.17) is 4.18 Å². The van der Waals surface area contributed by atoms with E-state index in [1.165, 1.54) is 24.3 Å². The van der Waals surface area contributed by atoms with Gasteiger partial charge in [0.1, 0.15) is 5.75 Å². The summed E-state index contributed by atoms with van der Waals surface area (Å²) in [4.78, 5) is 0. The summed E-state index contributed by atoms with van der Waals surface area (Å²) in [6.45, 7) is 0. The number of benzene rings is 2. The molecule has 1 heterocycles. The molecule has 0 bridgehead atoms. The fourth-order valence-corrected chi connectivity index (χ4v) is 3.16. The first-order valence-electron chi connectivity index (χ1n) is 6.46. The topological polar surface area (TPSA) is 48.3 Å². The lowest BCUT2D eigenvalue weighted by Gasteiger charge is -2.10. The summed E-state index contributed by atoms with van der Waals surface area (Å²) in [5.41, 5.74) is -1.03. The van der Waals surface area contributed by atoms with Gasteiger partial charge in [0, 0.05) is 11.6 Å². The number of fused-ring (bicyclic) bond motifs is 1. The van der Waals surface area contributed by atoms with Gasteiger partial charge in [-0.25, -0.2) is 3.97 Å². The lowest BCUT2D eigenvalue weighted by Crippen LogP contribution is -2.18. The molecular weight excluding hydrogens is 331 g/mol. The Morgan fingerprint density at radius 2 is 1.65 bits per heavy atom. The molecule has 23 heavy (non-hydrogen) atoms. The molecule has 0 amide bonds. The Kier molecular flexibility index (Phi) is 3.56. The van der Waals surface area contributed by atoms with Gasteiger partial charge < -0.3 is 4.18 Å². The van der Waals surface area contributed by atoms with Gasteiger partial charge in [-0.15, -0.1) is 0 Å². The predicted octanol–water partition coefficient (Wildman–Crippen LogP) is 3.83. The van der Waals surface area contributed by atoms with Crippen molar-refractivity contribution in [3.8, 4) is 5.75 Å². The van der Waals surface area contributed by atoms with Crippen molar-refractivity contribution >= 4 is 21.2 Å². The van der Waals surface area contributed by atoms with E-state index in [2.05, 4.69) is 0 Å². The van der Waals surface area contributed by atoms with Crippen molar-refractivity contribution in [2.45, 2.75) is 6.18 Å². The monoisotopic (exact) mass is 341 g/mol. The highest BCUT2D eigenvalue weighted by molar-refractivity contribution is 7.85. The fourth-order valence-electron chi connectivity index (χ4n) is 2.11. The summed E-state index contributed by atoms with van der Waals surface area (Å²) in [6.07, 6.45) is -3.41.